The molecule has 0 amide bonds. The maximum Gasteiger partial charge on any atom is 0.295 e. The zero-order valence-electron chi connectivity index (χ0n) is 16.0. The number of rotatable bonds is 4. The second kappa shape index (κ2) is 7.95. The van der Waals surface area contributed by atoms with E-state index in [1.807, 2.05) is 6.07 Å². The van der Waals surface area contributed by atoms with Crippen LogP contribution in [0.25, 0.3) is 22.0 Å². The van der Waals surface area contributed by atoms with Gasteiger partial charge < -0.3 is 5.73 Å². The predicted octanol–water partition coefficient (Wildman–Crippen LogP) is 5.02. The topological polar surface area (TPSA) is 142 Å². The van der Waals surface area contributed by atoms with Gasteiger partial charge in [0.2, 0.25) is 0 Å². The van der Waals surface area contributed by atoms with Crippen molar-refractivity contribution in [2.75, 3.05) is 5.73 Å². The molecule has 1 heterocycles. The van der Waals surface area contributed by atoms with Crippen LogP contribution in [0.5, 0.6) is 0 Å². The summed E-state index contributed by atoms with van der Waals surface area (Å²) in [5.41, 5.74) is 8.90. The molecule has 0 unspecified atom stereocenters. The summed E-state index contributed by atoms with van der Waals surface area (Å²) in [5, 5.41) is 17.9. The number of nitriles is 1. The van der Waals surface area contributed by atoms with Crippen LogP contribution >= 0.6 is 0 Å². The number of pyridine rings is 1. The number of anilines is 1. The molecule has 4 rings (SSSR count). The molecule has 0 bridgehead atoms. The molecule has 0 atom stereocenters. The van der Waals surface area contributed by atoms with Crippen molar-refractivity contribution >= 4 is 38.0 Å². The number of nitrogens with zero attached hydrogens (tertiary/aromatic N) is 4. The van der Waals surface area contributed by atoms with E-state index in [9.17, 15) is 13.0 Å². The number of nitrogen functional groups attached to an aromatic ring is 1. The first-order chi connectivity index (χ1) is 14.9. The van der Waals surface area contributed by atoms with Gasteiger partial charge in [-0.2, -0.15) is 13.7 Å². The van der Waals surface area contributed by atoms with Crippen LogP contribution in [0.4, 0.5) is 17.1 Å². The van der Waals surface area contributed by atoms with E-state index < -0.39 is 10.1 Å². The van der Waals surface area contributed by atoms with Gasteiger partial charge in [0.25, 0.3) is 10.1 Å². The minimum Gasteiger partial charge on any atom is -0.396 e. The molecule has 3 N–H and O–H groups in total. The number of hydrogen-bond donors (Lipinski definition) is 2. The summed E-state index contributed by atoms with van der Waals surface area (Å²) in [4.78, 5) is 4.04. The smallest absolute Gasteiger partial charge is 0.295 e. The lowest BCUT2D eigenvalue weighted by Crippen LogP contribution is -2.01. The van der Waals surface area contributed by atoms with Crippen molar-refractivity contribution in [1.82, 2.24) is 4.98 Å². The predicted molar refractivity (Wildman–Crippen MR) is 117 cm³/mol. The monoisotopic (exact) mass is 429 g/mol. The van der Waals surface area contributed by atoms with E-state index in [1.165, 1.54) is 12.3 Å². The quantitative estimate of drug-likeness (QED) is 0.265. The lowest BCUT2D eigenvalue weighted by Gasteiger charge is -2.09. The van der Waals surface area contributed by atoms with Crippen LogP contribution in [-0.4, -0.2) is 18.0 Å². The average Bonchev–Trinajstić information content (AvgIpc) is 2.78. The number of aromatic nitrogens is 1. The Kier molecular flexibility index (Phi) is 5.17. The summed E-state index contributed by atoms with van der Waals surface area (Å²) < 4.78 is 33.2. The molecule has 0 saturated heterocycles. The highest BCUT2D eigenvalue weighted by atomic mass is 32.2. The molecule has 0 radical (unpaired) electrons. The van der Waals surface area contributed by atoms with Gasteiger partial charge in [-0.25, -0.2) is 0 Å². The van der Waals surface area contributed by atoms with Crippen LogP contribution < -0.4 is 5.73 Å². The first-order valence-corrected chi connectivity index (χ1v) is 10.5. The highest BCUT2D eigenvalue weighted by Gasteiger charge is 2.18. The summed E-state index contributed by atoms with van der Waals surface area (Å²) in [6.07, 6.45) is 1.50. The molecule has 0 aliphatic heterocycles. The standard InChI is InChI=1S/C22H15N5O3S/c23-12-14-4-3-5-15(10-14)19-9-8-16(13-25-19)26-27-20-11-21(31(28,29)30)17-6-1-2-7-18(17)22(20)24/h1-11,13H,24H2,(H,28,29,30)/b27-26+. The Balaban J connectivity index is 1.70. The number of hydrogen-bond acceptors (Lipinski definition) is 7. The number of fused-ring (bicyclic) bond motifs is 1. The van der Waals surface area contributed by atoms with Crippen molar-refractivity contribution in [3.8, 4) is 17.3 Å². The molecular weight excluding hydrogens is 414 g/mol. The largest absolute Gasteiger partial charge is 0.396 e. The molecule has 9 heteroatoms. The van der Waals surface area contributed by atoms with E-state index in [2.05, 4.69) is 21.3 Å². The van der Waals surface area contributed by atoms with Gasteiger partial charge in [-0.05, 0) is 30.3 Å². The Morgan fingerprint density at radius 3 is 2.42 bits per heavy atom. The van der Waals surface area contributed by atoms with Gasteiger partial charge in [-0.3, -0.25) is 9.54 Å². The zero-order chi connectivity index (χ0) is 22.0. The molecule has 0 aliphatic carbocycles. The Bertz CT molecular complexity index is 1470. The SMILES string of the molecule is N#Cc1cccc(-c2ccc(/N=N/c3cc(S(=O)(=O)O)c4ccccc4c3N)cn2)c1. The fourth-order valence-electron chi connectivity index (χ4n) is 3.12. The van der Waals surface area contributed by atoms with Crippen LogP contribution in [0.15, 0.2) is 88.1 Å². The summed E-state index contributed by atoms with van der Waals surface area (Å²) in [7, 11) is -4.49. The van der Waals surface area contributed by atoms with E-state index in [4.69, 9.17) is 11.0 Å². The highest BCUT2D eigenvalue weighted by Crippen LogP contribution is 2.36. The second-order valence-corrected chi connectivity index (χ2v) is 8.01. The number of azo groups is 1. The molecule has 4 aromatic rings. The number of benzene rings is 3. The van der Waals surface area contributed by atoms with Crippen LogP contribution in [-0.2, 0) is 10.1 Å². The molecule has 0 aliphatic rings. The maximum absolute atomic E-state index is 11.8. The van der Waals surface area contributed by atoms with E-state index in [0.717, 1.165) is 5.56 Å². The van der Waals surface area contributed by atoms with Gasteiger partial charge in [-0.15, -0.1) is 10.2 Å². The molecule has 31 heavy (non-hydrogen) atoms. The van der Waals surface area contributed by atoms with Gasteiger partial charge in [0, 0.05) is 16.3 Å². The van der Waals surface area contributed by atoms with Gasteiger partial charge in [0.05, 0.1) is 29.2 Å². The summed E-state index contributed by atoms with van der Waals surface area (Å²) in [5.74, 6) is 0. The van der Waals surface area contributed by atoms with Crippen molar-refractivity contribution in [2.24, 2.45) is 10.2 Å². The van der Waals surface area contributed by atoms with E-state index in [1.54, 1.807) is 54.6 Å². The Morgan fingerprint density at radius 2 is 1.74 bits per heavy atom. The van der Waals surface area contributed by atoms with Crippen molar-refractivity contribution in [3.05, 3.63) is 78.5 Å². The molecule has 0 fully saturated rings. The van der Waals surface area contributed by atoms with Crippen molar-refractivity contribution in [1.29, 1.82) is 5.26 Å². The zero-order valence-corrected chi connectivity index (χ0v) is 16.8. The lowest BCUT2D eigenvalue weighted by atomic mass is 10.1. The first-order valence-electron chi connectivity index (χ1n) is 9.04. The first kappa shape index (κ1) is 20.2. The van der Waals surface area contributed by atoms with Crippen molar-refractivity contribution in [3.63, 3.8) is 0 Å². The normalized spacial score (nSPS) is 11.6. The Morgan fingerprint density at radius 1 is 0.968 bits per heavy atom. The minimum absolute atomic E-state index is 0.108. The fraction of sp³-hybridized carbons (Fsp3) is 0. The third-order valence-electron chi connectivity index (χ3n) is 4.61. The van der Waals surface area contributed by atoms with Crippen LogP contribution in [0.3, 0.4) is 0 Å². The fourth-order valence-corrected chi connectivity index (χ4v) is 3.84. The number of nitrogens with two attached hydrogens (primary N) is 1. The Hall–Kier alpha value is -4.13. The highest BCUT2D eigenvalue weighted by molar-refractivity contribution is 7.86. The van der Waals surface area contributed by atoms with Crippen molar-refractivity contribution < 1.29 is 13.0 Å². The van der Waals surface area contributed by atoms with Gasteiger partial charge in [0.15, 0.2) is 0 Å². The third-order valence-corrected chi connectivity index (χ3v) is 5.51. The molecule has 0 saturated carbocycles. The maximum atomic E-state index is 11.8. The second-order valence-electron chi connectivity index (χ2n) is 6.62. The molecule has 3 aromatic carbocycles. The summed E-state index contributed by atoms with van der Waals surface area (Å²) in [6.45, 7) is 0. The third kappa shape index (κ3) is 4.11. The average molecular weight is 429 g/mol. The van der Waals surface area contributed by atoms with E-state index >= 15 is 0 Å². The van der Waals surface area contributed by atoms with E-state index in [0.29, 0.717) is 27.7 Å². The van der Waals surface area contributed by atoms with Gasteiger partial charge in [-0.1, -0.05) is 36.4 Å². The molecule has 8 nitrogen and oxygen atoms in total. The van der Waals surface area contributed by atoms with Gasteiger partial charge in [0.1, 0.15) is 16.3 Å². The molecule has 1 aromatic heterocycles. The van der Waals surface area contributed by atoms with Crippen molar-refractivity contribution in [2.45, 2.75) is 4.90 Å². The van der Waals surface area contributed by atoms with Gasteiger partial charge >= 0.3 is 0 Å². The summed E-state index contributed by atoms with van der Waals surface area (Å²) >= 11 is 0. The molecule has 152 valence electrons. The summed E-state index contributed by atoms with van der Waals surface area (Å²) in [6, 6.07) is 20.3. The van der Waals surface area contributed by atoms with Crippen LogP contribution in [0.2, 0.25) is 0 Å². The Labute approximate surface area is 178 Å². The minimum atomic E-state index is -4.49. The molecule has 0 spiro atoms. The molecular formula is C22H15N5O3S. The lowest BCUT2D eigenvalue weighted by molar-refractivity contribution is 0.484. The van der Waals surface area contributed by atoms with Crippen LogP contribution in [0, 0.1) is 11.3 Å². The van der Waals surface area contributed by atoms with Crippen LogP contribution in [0.1, 0.15) is 5.56 Å². The van der Waals surface area contributed by atoms with E-state index in [-0.39, 0.29) is 16.3 Å².